The highest BCUT2D eigenvalue weighted by Gasteiger charge is 2.13. The van der Waals surface area contributed by atoms with Gasteiger partial charge in [0.15, 0.2) is 11.5 Å². The molecule has 0 unspecified atom stereocenters. The summed E-state index contributed by atoms with van der Waals surface area (Å²) in [5.41, 5.74) is 1.91. The molecular weight excluding hydrogens is 254 g/mol. The van der Waals surface area contributed by atoms with E-state index in [0.29, 0.717) is 0 Å². The van der Waals surface area contributed by atoms with Crippen LogP contribution in [0.3, 0.4) is 0 Å². The second-order valence-corrected chi connectivity index (χ2v) is 4.50. The summed E-state index contributed by atoms with van der Waals surface area (Å²) < 4.78 is 10.6. The van der Waals surface area contributed by atoms with Crippen LogP contribution in [0, 0.1) is 0 Å². The molecule has 4 heteroatoms. The largest absolute Gasteiger partial charge is 0.454 e. The van der Waals surface area contributed by atoms with E-state index in [2.05, 4.69) is 4.99 Å². The van der Waals surface area contributed by atoms with Gasteiger partial charge < -0.3 is 14.6 Å². The SMILES string of the molecule is OC[C@H](N=Cc1ccc2c(c1)OCO2)c1ccccc1. The average molecular weight is 269 g/mol. The number of aliphatic hydroxyl groups excluding tert-OH is 1. The fraction of sp³-hybridized carbons (Fsp3) is 0.188. The standard InChI is InChI=1S/C16H15NO3/c18-10-14(13-4-2-1-3-5-13)17-9-12-6-7-15-16(8-12)20-11-19-15/h1-9,14,18H,10-11H2/t14-/m0/s1. The van der Waals surface area contributed by atoms with Crippen molar-refractivity contribution in [2.75, 3.05) is 13.4 Å². The minimum absolute atomic E-state index is 0.0228. The van der Waals surface area contributed by atoms with Crippen molar-refractivity contribution in [2.24, 2.45) is 4.99 Å². The molecule has 1 N–H and O–H groups in total. The molecule has 0 fully saturated rings. The Bertz CT molecular complexity index is 610. The minimum atomic E-state index is -0.248. The van der Waals surface area contributed by atoms with Crippen molar-refractivity contribution in [3.63, 3.8) is 0 Å². The summed E-state index contributed by atoms with van der Waals surface area (Å²) in [5, 5.41) is 9.45. The lowest BCUT2D eigenvalue weighted by Gasteiger charge is -2.09. The average Bonchev–Trinajstić information content (AvgIpc) is 2.96. The van der Waals surface area contributed by atoms with E-state index >= 15 is 0 Å². The lowest BCUT2D eigenvalue weighted by Crippen LogP contribution is -2.01. The van der Waals surface area contributed by atoms with Gasteiger partial charge in [0, 0.05) is 6.21 Å². The summed E-state index contributed by atoms with van der Waals surface area (Å²) in [4.78, 5) is 4.44. The molecule has 4 nitrogen and oxygen atoms in total. The highest BCUT2D eigenvalue weighted by Crippen LogP contribution is 2.32. The molecule has 0 saturated carbocycles. The summed E-state index contributed by atoms with van der Waals surface area (Å²) in [6.07, 6.45) is 1.75. The predicted octanol–water partition coefficient (Wildman–Crippen LogP) is 2.57. The minimum Gasteiger partial charge on any atom is -0.454 e. The first kappa shape index (κ1) is 12.7. The topological polar surface area (TPSA) is 51.1 Å². The van der Waals surface area contributed by atoms with Crippen LogP contribution >= 0.6 is 0 Å². The molecule has 0 aliphatic carbocycles. The maximum absolute atomic E-state index is 9.45. The number of benzene rings is 2. The smallest absolute Gasteiger partial charge is 0.231 e. The number of fused-ring (bicyclic) bond motifs is 1. The molecule has 0 radical (unpaired) electrons. The molecule has 1 aliphatic rings. The number of aliphatic imine (C=N–C) groups is 1. The van der Waals surface area contributed by atoms with Gasteiger partial charge in [0.2, 0.25) is 6.79 Å². The van der Waals surface area contributed by atoms with Crippen molar-refractivity contribution in [1.29, 1.82) is 0 Å². The Morgan fingerprint density at radius 3 is 2.70 bits per heavy atom. The van der Waals surface area contributed by atoms with Crippen LogP contribution < -0.4 is 9.47 Å². The molecule has 102 valence electrons. The third-order valence-electron chi connectivity index (χ3n) is 3.16. The predicted molar refractivity (Wildman–Crippen MR) is 76.4 cm³/mol. The van der Waals surface area contributed by atoms with E-state index in [1.165, 1.54) is 0 Å². The van der Waals surface area contributed by atoms with Crippen LogP contribution in [0.5, 0.6) is 11.5 Å². The van der Waals surface area contributed by atoms with Crippen molar-refractivity contribution >= 4 is 6.21 Å². The lowest BCUT2D eigenvalue weighted by molar-refractivity contribution is 0.174. The third kappa shape index (κ3) is 2.65. The fourth-order valence-electron chi connectivity index (χ4n) is 2.08. The van der Waals surface area contributed by atoms with E-state index in [1.807, 2.05) is 48.5 Å². The van der Waals surface area contributed by atoms with Crippen LogP contribution in [-0.2, 0) is 0 Å². The van der Waals surface area contributed by atoms with Gasteiger partial charge >= 0.3 is 0 Å². The molecule has 0 spiro atoms. The Labute approximate surface area is 117 Å². The van der Waals surface area contributed by atoms with Crippen molar-refractivity contribution in [3.05, 3.63) is 59.7 Å². The van der Waals surface area contributed by atoms with Crippen LogP contribution in [0.15, 0.2) is 53.5 Å². The van der Waals surface area contributed by atoms with Gasteiger partial charge in [0.05, 0.1) is 12.6 Å². The summed E-state index contributed by atoms with van der Waals surface area (Å²) in [5.74, 6) is 1.48. The van der Waals surface area contributed by atoms with Gasteiger partial charge in [0.25, 0.3) is 0 Å². The normalized spacial score (nSPS) is 14.7. The Morgan fingerprint density at radius 1 is 1.10 bits per heavy atom. The quantitative estimate of drug-likeness (QED) is 0.868. The van der Waals surface area contributed by atoms with Crippen molar-refractivity contribution < 1.29 is 14.6 Å². The highest BCUT2D eigenvalue weighted by molar-refractivity contribution is 5.81. The van der Waals surface area contributed by atoms with Gasteiger partial charge in [-0.15, -0.1) is 0 Å². The molecule has 1 heterocycles. The number of nitrogens with zero attached hydrogens (tertiary/aromatic N) is 1. The van der Waals surface area contributed by atoms with Gasteiger partial charge in [-0.25, -0.2) is 0 Å². The molecule has 3 rings (SSSR count). The molecule has 2 aromatic carbocycles. The maximum Gasteiger partial charge on any atom is 0.231 e. The van der Waals surface area contributed by atoms with Crippen LogP contribution in [-0.4, -0.2) is 24.7 Å². The summed E-state index contributed by atoms with van der Waals surface area (Å²) in [6.45, 7) is 0.240. The van der Waals surface area contributed by atoms with E-state index in [9.17, 15) is 5.11 Å². The molecule has 1 aliphatic heterocycles. The number of ether oxygens (including phenoxy) is 2. The molecule has 2 aromatic rings. The van der Waals surface area contributed by atoms with Gasteiger partial charge in [-0.05, 0) is 29.3 Å². The highest BCUT2D eigenvalue weighted by atomic mass is 16.7. The first-order chi connectivity index (χ1) is 9.86. The van der Waals surface area contributed by atoms with Crippen LogP contribution in [0.2, 0.25) is 0 Å². The molecule has 0 bridgehead atoms. The zero-order valence-electron chi connectivity index (χ0n) is 10.9. The van der Waals surface area contributed by atoms with Gasteiger partial charge in [-0.2, -0.15) is 0 Å². The van der Waals surface area contributed by atoms with Gasteiger partial charge in [-0.1, -0.05) is 30.3 Å². The van der Waals surface area contributed by atoms with E-state index in [0.717, 1.165) is 22.6 Å². The summed E-state index contributed by atoms with van der Waals surface area (Å²) in [6, 6.07) is 15.1. The molecule has 0 aromatic heterocycles. The van der Waals surface area contributed by atoms with E-state index < -0.39 is 0 Å². The van der Waals surface area contributed by atoms with E-state index in [1.54, 1.807) is 6.21 Å². The summed E-state index contributed by atoms with van der Waals surface area (Å²) in [7, 11) is 0. The lowest BCUT2D eigenvalue weighted by atomic mass is 10.1. The first-order valence-electron chi connectivity index (χ1n) is 6.45. The Morgan fingerprint density at radius 2 is 1.90 bits per heavy atom. The number of hydrogen-bond acceptors (Lipinski definition) is 4. The summed E-state index contributed by atoms with van der Waals surface area (Å²) >= 11 is 0. The zero-order valence-corrected chi connectivity index (χ0v) is 10.9. The third-order valence-corrected chi connectivity index (χ3v) is 3.16. The second-order valence-electron chi connectivity index (χ2n) is 4.50. The second kappa shape index (κ2) is 5.75. The van der Waals surface area contributed by atoms with Crippen LogP contribution in [0.25, 0.3) is 0 Å². The van der Waals surface area contributed by atoms with E-state index in [-0.39, 0.29) is 19.4 Å². The van der Waals surface area contributed by atoms with Gasteiger partial charge in [-0.3, -0.25) is 4.99 Å². The van der Waals surface area contributed by atoms with Crippen molar-refractivity contribution in [2.45, 2.75) is 6.04 Å². The Kier molecular flexibility index (Phi) is 3.65. The maximum atomic E-state index is 9.45. The Balaban J connectivity index is 1.79. The van der Waals surface area contributed by atoms with Crippen molar-refractivity contribution in [1.82, 2.24) is 0 Å². The molecular formula is C16H15NO3. The monoisotopic (exact) mass is 269 g/mol. The number of rotatable bonds is 4. The van der Waals surface area contributed by atoms with Crippen LogP contribution in [0.1, 0.15) is 17.2 Å². The molecule has 1 atom stereocenters. The Hall–Kier alpha value is -2.33. The fourth-order valence-corrected chi connectivity index (χ4v) is 2.08. The first-order valence-corrected chi connectivity index (χ1v) is 6.45. The molecule has 0 amide bonds. The molecule has 20 heavy (non-hydrogen) atoms. The molecule has 0 saturated heterocycles. The van der Waals surface area contributed by atoms with Crippen LogP contribution in [0.4, 0.5) is 0 Å². The number of hydrogen-bond donors (Lipinski definition) is 1. The van der Waals surface area contributed by atoms with Crippen molar-refractivity contribution in [3.8, 4) is 11.5 Å². The zero-order chi connectivity index (χ0) is 13.8. The van der Waals surface area contributed by atoms with Gasteiger partial charge in [0.1, 0.15) is 0 Å². The van der Waals surface area contributed by atoms with E-state index in [4.69, 9.17) is 9.47 Å². The number of aliphatic hydroxyl groups is 1.